The predicted molar refractivity (Wildman–Crippen MR) is 102 cm³/mol. The fourth-order valence-corrected chi connectivity index (χ4v) is 3.45. The second-order valence-corrected chi connectivity index (χ2v) is 7.84. The number of nitrogens with zero attached hydrogens (tertiary/aromatic N) is 2. The van der Waals surface area contributed by atoms with E-state index < -0.39 is 5.60 Å². The Bertz CT molecular complexity index is 703. The molecule has 0 unspecified atom stereocenters. The lowest BCUT2D eigenvalue weighted by molar-refractivity contribution is -0.0253. The van der Waals surface area contributed by atoms with Gasteiger partial charge in [-0.1, -0.05) is 31.1 Å². The average molecular weight is 358 g/mol. The summed E-state index contributed by atoms with van der Waals surface area (Å²) in [6.07, 6.45) is 3.28. The van der Waals surface area contributed by atoms with Gasteiger partial charge in [-0.05, 0) is 43.9 Å². The first-order valence-corrected chi connectivity index (χ1v) is 9.52. The molecule has 0 amide bonds. The number of benzene rings is 1. The lowest BCUT2D eigenvalue weighted by Crippen LogP contribution is -2.46. The molecular weight excluding hydrogens is 328 g/mol. The van der Waals surface area contributed by atoms with E-state index in [9.17, 15) is 5.11 Å². The molecule has 0 radical (unpaired) electrons. The Hall–Kier alpha value is -1.85. The fraction of sp³-hybridized carbons (Fsp3) is 0.571. The fourth-order valence-electron chi connectivity index (χ4n) is 3.45. The highest BCUT2D eigenvalue weighted by Crippen LogP contribution is 2.29. The highest BCUT2D eigenvalue weighted by Gasteiger charge is 2.33. The lowest BCUT2D eigenvalue weighted by Gasteiger charge is -2.38. The molecule has 142 valence electrons. The van der Waals surface area contributed by atoms with Gasteiger partial charge in [0.05, 0.1) is 12.7 Å². The van der Waals surface area contributed by atoms with Crippen molar-refractivity contribution in [1.82, 2.24) is 10.1 Å². The number of aliphatic hydroxyl groups is 1. The SMILES string of the molecule is COc1cccc(-c2cc(CC3(O)CCN(CCC(C)C)CC3)on2)c1. The van der Waals surface area contributed by atoms with Crippen molar-refractivity contribution in [3.8, 4) is 17.0 Å². The molecule has 2 heterocycles. The van der Waals surface area contributed by atoms with E-state index in [1.807, 2.05) is 30.3 Å². The molecule has 1 aromatic heterocycles. The minimum atomic E-state index is -0.695. The Labute approximate surface area is 155 Å². The molecule has 0 spiro atoms. The third kappa shape index (κ3) is 4.86. The Kier molecular flexibility index (Phi) is 5.99. The first-order chi connectivity index (χ1) is 12.5. The number of piperidine rings is 1. The molecule has 0 atom stereocenters. The molecule has 1 aromatic carbocycles. The lowest BCUT2D eigenvalue weighted by atomic mass is 9.87. The van der Waals surface area contributed by atoms with Crippen LogP contribution in [0.25, 0.3) is 11.3 Å². The number of hydrogen-bond donors (Lipinski definition) is 1. The summed E-state index contributed by atoms with van der Waals surface area (Å²) in [6.45, 7) is 7.52. The van der Waals surface area contributed by atoms with Crippen LogP contribution in [0.5, 0.6) is 5.75 Å². The van der Waals surface area contributed by atoms with Gasteiger partial charge in [0.1, 0.15) is 17.2 Å². The molecule has 5 nitrogen and oxygen atoms in total. The summed E-state index contributed by atoms with van der Waals surface area (Å²) in [4.78, 5) is 2.45. The molecule has 5 heteroatoms. The van der Waals surface area contributed by atoms with Crippen molar-refractivity contribution in [3.63, 3.8) is 0 Å². The van der Waals surface area contributed by atoms with Crippen LogP contribution < -0.4 is 4.74 Å². The van der Waals surface area contributed by atoms with Gasteiger partial charge in [-0.2, -0.15) is 0 Å². The van der Waals surface area contributed by atoms with Gasteiger partial charge >= 0.3 is 0 Å². The number of likely N-dealkylation sites (tertiary alicyclic amines) is 1. The third-order valence-electron chi connectivity index (χ3n) is 5.24. The molecule has 1 aliphatic heterocycles. The first-order valence-electron chi connectivity index (χ1n) is 9.52. The summed E-state index contributed by atoms with van der Waals surface area (Å²) < 4.78 is 10.8. The van der Waals surface area contributed by atoms with E-state index in [1.54, 1.807) is 7.11 Å². The molecule has 2 aromatic rings. The van der Waals surface area contributed by atoms with Crippen LogP contribution in [0.15, 0.2) is 34.9 Å². The van der Waals surface area contributed by atoms with Crippen LogP contribution in [-0.2, 0) is 6.42 Å². The molecule has 1 fully saturated rings. The number of methoxy groups -OCH3 is 1. The van der Waals surface area contributed by atoms with Crippen molar-refractivity contribution >= 4 is 0 Å². The van der Waals surface area contributed by atoms with Gasteiger partial charge in [-0.15, -0.1) is 0 Å². The van der Waals surface area contributed by atoms with Crippen molar-refractivity contribution in [3.05, 3.63) is 36.1 Å². The largest absolute Gasteiger partial charge is 0.497 e. The van der Waals surface area contributed by atoms with E-state index in [0.29, 0.717) is 6.42 Å². The highest BCUT2D eigenvalue weighted by molar-refractivity contribution is 5.60. The van der Waals surface area contributed by atoms with E-state index in [-0.39, 0.29) is 0 Å². The highest BCUT2D eigenvalue weighted by atomic mass is 16.5. The van der Waals surface area contributed by atoms with Crippen LogP contribution in [0.4, 0.5) is 0 Å². The van der Waals surface area contributed by atoms with E-state index in [0.717, 1.165) is 61.2 Å². The van der Waals surface area contributed by atoms with Crippen molar-refractivity contribution in [2.45, 2.75) is 45.1 Å². The van der Waals surface area contributed by atoms with E-state index in [2.05, 4.69) is 23.9 Å². The van der Waals surface area contributed by atoms with Crippen LogP contribution in [0.3, 0.4) is 0 Å². The van der Waals surface area contributed by atoms with E-state index in [4.69, 9.17) is 9.26 Å². The molecule has 1 saturated heterocycles. The average Bonchev–Trinajstić information content (AvgIpc) is 3.09. The number of ether oxygens (including phenoxy) is 1. The predicted octanol–water partition coefficient (Wildman–Crippen LogP) is 3.77. The molecule has 0 saturated carbocycles. The first kappa shape index (κ1) is 18.9. The molecular formula is C21H30N2O3. The second kappa shape index (κ2) is 8.23. The Morgan fingerprint density at radius 3 is 2.73 bits per heavy atom. The van der Waals surface area contributed by atoms with Crippen LogP contribution in [0.2, 0.25) is 0 Å². The van der Waals surface area contributed by atoms with Crippen LogP contribution >= 0.6 is 0 Å². The van der Waals surface area contributed by atoms with Crippen molar-refractivity contribution in [2.75, 3.05) is 26.7 Å². The Morgan fingerprint density at radius 2 is 2.04 bits per heavy atom. The van der Waals surface area contributed by atoms with Crippen molar-refractivity contribution in [2.24, 2.45) is 5.92 Å². The minimum Gasteiger partial charge on any atom is -0.497 e. The molecule has 26 heavy (non-hydrogen) atoms. The van der Waals surface area contributed by atoms with E-state index >= 15 is 0 Å². The summed E-state index contributed by atoms with van der Waals surface area (Å²) in [6, 6.07) is 9.68. The van der Waals surface area contributed by atoms with Crippen LogP contribution in [0.1, 0.15) is 38.9 Å². The van der Waals surface area contributed by atoms with E-state index in [1.165, 1.54) is 6.42 Å². The maximum absolute atomic E-state index is 10.9. The van der Waals surface area contributed by atoms with Gasteiger partial charge in [-0.3, -0.25) is 0 Å². The molecule has 1 N–H and O–H groups in total. The summed E-state index contributed by atoms with van der Waals surface area (Å²) in [5.41, 5.74) is 1.03. The maximum Gasteiger partial charge on any atom is 0.140 e. The normalized spacial score (nSPS) is 17.6. The zero-order valence-corrected chi connectivity index (χ0v) is 16.1. The van der Waals surface area contributed by atoms with Gasteiger partial charge < -0.3 is 19.3 Å². The van der Waals surface area contributed by atoms with Gasteiger partial charge in [0.15, 0.2) is 0 Å². The summed E-state index contributed by atoms with van der Waals surface area (Å²) in [5, 5.41) is 15.1. The zero-order valence-electron chi connectivity index (χ0n) is 16.1. The smallest absolute Gasteiger partial charge is 0.140 e. The minimum absolute atomic E-state index is 0.516. The summed E-state index contributed by atoms with van der Waals surface area (Å²) in [5.74, 6) is 2.25. The second-order valence-electron chi connectivity index (χ2n) is 7.84. The standard InChI is InChI=1S/C21H30N2O3/c1-16(2)7-10-23-11-8-21(24,9-12-23)15-19-14-20(22-26-19)17-5-4-6-18(13-17)25-3/h4-6,13-14,16,24H,7-12,15H2,1-3H3. The molecule has 1 aliphatic rings. The molecule has 0 bridgehead atoms. The number of hydrogen-bond acceptors (Lipinski definition) is 5. The Balaban J connectivity index is 1.59. The van der Waals surface area contributed by atoms with Gasteiger partial charge in [0.2, 0.25) is 0 Å². The van der Waals surface area contributed by atoms with Gasteiger partial charge in [0.25, 0.3) is 0 Å². The summed E-state index contributed by atoms with van der Waals surface area (Å²) >= 11 is 0. The third-order valence-corrected chi connectivity index (χ3v) is 5.24. The van der Waals surface area contributed by atoms with Crippen LogP contribution in [-0.4, -0.2) is 47.5 Å². The van der Waals surface area contributed by atoms with Gasteiger partial charge in [-0.25, -0.2) is 0 Å². The molecule has 0 aliphatic carbocycles. The van der Waals surface area contributed by atoms with Crippen LogP contribution in [0, 0.1) is 5.92 Å². The monoisotopic (exact) mass is 358 g/mol. The summed E-state index contributed by atoms with van der Waals surface area (Å²) in [7, 11) is 1.65. The maximum atomic E-state index is 10.9. The zero-order chi connectivity index (χ0) is 18.6. The number of aromatic nitrogens is 1. The van der Waals surface area contributed by atoms with Gasteiger partial charge in [0, 0.05) is 31.1 Å². The quantitative estimate of drug-likeness (QED) is 0.816. The topological polar surface area (TPSA) is 58.7 Å². The Morgan fingerprint density at radius 1 is 1.27 bits per heavy atom. The van der Waals surface area contributed by atoms with Crippen molar-refractivity contribution in [1.29, 1.82) is 0 Å². The van der Waals surface area contributed by atoms with Crippen molar-refractivity contribution < 1.29 is 14.4 Å². The molecule has 3 rings (SSSR count). The number of rotatable bonds is 7.